The summed E-state index contributed by atoms with van der Waals surface area (Å²) in [5, 5.41) is 9.50. The average Bonchev–Trinajstić information content (AvgIpc) is 2.78. The van der Waals surface area contributed by atoms with Crippen molar-refractivity contribution in [3.8, 4) is 23.0 Å². The Morgan fingerprint density at radius 2 is 1.53 bits per heavy atom. The molecule has 0 N–H and O–H groups in total. The average molecular weight is 409 g/mol. The molecule has 0 unspecified atom stereocenters. The van der Waals surface area contributed by atoms with E-state index in [1.54, 1.807) is 14.2 Å². The van der Waals surface area contributed by atoms with E-state index in [2.05, 4.69) is 27.2 Å². The zero-order valence-electron chi connectivity index (χ0n) is 17.9. The topological polar surface area (TPSA) is 65.9 Å². The van der Waals surface area contributed by atoms with Gasteiger partial charge in [-0.3, -0.25) is 0 Å². The zero-order valence-corrected chi connectivity index (χ0v) is 17.9. The molecule has 0 fully saturated rings. The highest BCUT2D eigenvalue weighted by Gasteiger charge is 2.22. The summed E-state index contributed by atoms with van der Waals surface area (Å²) in [5.41, 5.74) is 4.33. The van der Waals surface area contributed by atoms with Crippen LogP contribution >= 0.6 is 0 Å². The van der Waals surface area contributed by atoms with Gasteiger partial charge in [-0.05, 0) is 49.6 Å². The Hall–Kier alpha value is -3.22. The summed E-state index contributed by atoms with van der Waals surface area (Å²) in [5.74, 6) is 2.94. The van der Waals surface area contributed by atoms with E-state index in [0.717, 1.165) is 47.6 Å². The summed E-state index contributed by atoms with van der Waals surface area (Å²) in [7, 11) is 3.26. The van der Waals surface area contributed by atoms with Crippen molar-refractivity contribution < 1.29 is 18.9 Å². The Balaban J connectivity index is 1.72. The van der Waals surface area contributed by atoms with Crippen LogP contribution in [0.4, 0.5) is 5.69 Å². The smallest absolute Gasteiger partial charge is 0.162 e. The minimum absolute atomic E-state index is 0.600. The predicted molar refractivity (Wildman–Crippen MR) is 116 cm³/mol. The molecule has 2 heterocycles. The molecule has 0 saturated heterocycles. The largest absolute Gasteiger partial charge is 0.493 e. The molecule has 1 aromatic heterocycles. The van der Waals surface area contributed by atoms with Crippen LogP contribution in [0.15, 0.2) is 30.5 Å². The number of methoxy groups -OCH3 is 2. The van der Waals surface area contributed by atoms with Crippen molar-refractivity contribution in [2.24, 2.45) is 0 Å². The van der Waals surface area contributed by atoms with Crippen LogP contribution in [0.1, 0.15) is 25.0 Å². The first kappa shape index (κ1) is 20.1. The molecule has 7 heteroatoms. The van der Waals surface area contributed by atoms with Crippen LogP contribution in [-0.4, -0.2) is 44.2 Å². The highest BCUT2D eigenvalue weighted by atomic mass is 16.5. The Bertz CT molecular complexity index is 1050. The maximum atomic E-state index is 5.83. The Morgan fingerprint density at radius 3 is 2.20 bits per heavy atom. The highest BCUT2D eigenvalue weighted by molar-refractivity contribution is 5.93. The second-order valence-corrected chi connectivity index (χ2v) is 7.06. The molecule has 4 rings (SSSR count). The third-order valence-electron chi connectivity index (χ3n) is 5.34. The summed E-state index contributed by atoms with van der Waals surface area (Å²) >= 11 is 0. The van der Waals surface area contributed by atoms with Gasteiger partial charge in [0.25, 0.3) is 0 Å². The lowest BCUT2D eigenvalue weighted by molar-refractivity contribution is 0.287. The van der Waals surface area contributed by atoms with E-state index >= 15 is 0 Å². The molecule has 30 heavy (non-hydrogen) atoms. The molecule has 1 aliphatic rings. The third-order valence-corrected chi connectivity index (χ3v) is 5.34. The van der Waals surface area contributed by atoms with Gasteiger partial charge in [0.15, 0.2) is 23.0 Å². The third kappa shape index (κ3) is 3.67. The number of anilines is 1. The molecule has 7 nitrogen and oxygen atoms in total. The van der Waals surface area contributed by atoms with E-state index in [1.807, 2.05) is 32.2 Å². The summed E-state index contributed by atoms with van der Waals surface area (Å²) in [6, 6.07) is 8.07. The lowest BCUT2D eigenvalue weighted by Crippen LogP contribution is -2.30. The quantitative estimate of drug-likeness (QED) is 0.584. The number of benzene rings is 2. The molecule has 0 spiro atoms. The minimum Gasteiger partial charge on any atom is -0.493 e. The molecular formula is C23H27N3O4. The van der Waals surface area contributed by atoms with E-state index in [4.69, 9.17) is 18.9 Å². The zero-order chi connectivity index (χ0) is 21.1. The highest BCUT2D eigenvalue weighted by Crippen LogP contribution is 2.38. The van der Waals surface area contributed by atoms with Gasteiger partial charge < -0.3 is 23.8 Å². The lowest BCUT2D eigenvalue weighted by Gasteiger charge is -2.32. The molecule has 158 valence electrons. The molecule has 0 radical (unpaired) electrons. The molecule has 0 aliphatic carbocycles. The van der Waals surface area contributed by atoms with Gasteiger partial charge >= 0.3 is 0 Å². The molecule has 0 bridgehead atoms. The van der Waals surface area contributed by atoms with Crippen LogP contribution in [0, 0.1) is 0 Å². The molecule has 0 amide bonds. The van der Waals surface area contributed by atoms with Crippen molar-refractivity contribution in [2.45, 2.75) is 26.8 Å². The monoisotopic (exact) mass is 409 g/mol. The van der Waals surface area contributed by atoms with Gasteiger partial charge in [-0.15, -0.1) is 0 Å². The molecule has 1 aliphatic heterocycles. The van der Waals surface area contributed by atoms with Gasteiger partial charge in [0.05, 0.1) is 44.8 Å². The first-order valence-corrected chi connectivity index (χ1v) is 10.2. The number of fused-ring (bicyclic) bond motifs is 2. The van der Waals surface area contributed by atoms with E-state index in [0.29, 0.717) is 24.7 Å². The van der Waals surface area contributed by atoms with Crippen LogP contribution in [0.2, 0.25) is 0 Å². The van der Waals surface area contributed by atoms with Crippen LogP contribution < -0.4 is 23.8 Å². The van der Waals surface area contributed by atoms with Gasteiger partial charge in [0.1, 0.15) is 0 Å². The Kier molecular flexibility index (Phi) is 5.79. The van der Waals surface area contributed by atoms with Gasteiger partial charge in [-0.2, -0.15) is 10.2 Å². The number of nitrogens with zero attached hydrogens (tertiary/aromatic N) is 3. The molecule has 3 aromatic rings. The number of hydrogen-bond donors (Lipinski definition) is 0. The lowest BCUT2D eigenvalue weighted by atomic mass is 9.98. The fourth-order valence-electron chi connectivity index (χ4n) is 3.93. The number of hydrogen-bond acceptors (Lipinski definition) is 7. The van der Waals surface area contributed by atoms with E-state index in [-0.39, 0.29) is 0 Å². The van der Waals surface area contributed by atoms with Crippen LogP contribution in [0.25, 0.3) is 10.9 Å². The summed E-state index contributed by atoms with van der Waals surface area (Å²) in [4.78, 5) is 2.32. The summed E-state index contributed by atoms with van der Waals surface area (Å²) < 4.78 is 22.5. The SMILES string of the molecule is CCOc1cc2c(cc1OCC)CN(c1cnnc3cc(OC)c(OC)cc13)CC2. The Morgan fingerprint density at radius 1 is 0.867 bits per heavy atom. The van der Waals surface area contributed by atoms with Crippen molar-refractivity contribution in [3.63, 3.8) is 0 Å². The first-order chi connectivity index (χ1) is 14.7. The van der Waals surface area contributed by atoms with Crippen LogP contribution in [0.5, 0.6) is 23.0 Å². The standard InChI is InChI=1S/C23H27N3O4/c1-5-29-22-9-15-7-8-26(14-16(15)10-23(22)30-6-2)19-13-24-25-18-12-21(28-4)20(27-3)11-17(18)19/h9-13H,5-8,14H2,1-4H3. The van der Waals surface area contributed by atoms with Gasteiger partial charge in [0, 0.05) is 24.5 Å². The maximum Gasteiger partial charge on any atom is 0.162 e. The second-order valence-electron chi connectivity index (χ2n) is 7.06. The second kappa shape index (κ2) is 8.65. The van der Waals surface area contributed by atoms with Crippen molar-refractivity contribution in [1.82, 2.24) is 10.2 Å². The summed E-state index contributed by atoms with van der Waals surface area (Å²) in [6.45, 7) is 6.83. The minimum atomic E-state index is 0.600. The van der Waals surface area contributed by atoms with E-state index < -0.39 is 0 Å². The van der Waals surface area contributed by atoms with E-state index in [1.165, 1.54) is 11.1 Å². The first-order valence-electron chi connectivity index (χ1n) is 10.2. The van der Waals surface area contributed by atoms with Crippen molar-refractivity contribution in [1.29, 1.82) is 0 Å². The number of rotatable bonds is 7. The fraction of sp³-hybridized carbons (Fsp3) is 0.391. The van der Waals surface area contributed by atoms with Crippen molar-refractivity contribution >= 4 is 16.6 Å². The van der Waals surface area contributed by atoms with E-state index in [9.17, 15) is 0 Å². The predicted octanol–water partition coefficient (Wildman–Crippen LogP) is 4.01. The Labute approximate surface area is 176 Å². The number of aromatic nitrogens is 2. The number of ether oxygens (including phenoxy) is 4. The maximum absolute atomic E-state index is 5.83. The fourth-order valence-corrected chi connectivity index (χ4v) is 3.93. The molecule has 0 atom stereocenters. The normalized spacial score (nSPS) is 13.1. The van der Waals surface area contributed by atoms with Crippen LogP contribution in [0.3, 0.4) is 0 Å². The van der Waals surface area contributed by atoms with Crippen LogP contribution in [-0.2, 0) is 13.0 Å². The van der Waals surface area contributed by atoms with Crippen molar-refractivity contribution in [3.05, 3.63) is 41.6 Å². The molecule has 0 saturated carbocycles. The van der Waals surface area contributed by atoms with Gasteiger partial charge in [-0.1, -0.05) is 0 Å². The van der Waals surface area contributed by atoms with Crippen molar-refractivity contribution in [2.75, 3.05) is 38.9 Å². The summed E-state index contributed by atoms with van der Waals surface area (Å²) in [6.07, 6.45) is 2.73. The van der Waals surface area contributed by atoms with Gasteiger partial charge in [0.2, 0.25) is 0 Å². The molecular weight excluding hydrogens is 382 g/mol. The van der Waals surface area contributed by atoms with Gasteiger partial charge in [-0.25, -0.2) is 0 Å². The molecule has 2 aromatic carbocycles.